The summed E-state index contributed by atoms with van der Waals surface area (Å²) in [7, 11) is 0. The number of carbonyl (C=O) groups excluding carboxylic acids is 1. The van der Waals surface area contributed by atoms with Crippen molar-refractivity contribution in [1.82, 2.24) is 19.7 Å². The summed E-state index contributed by atoms with van der Waals surface area (Å²) < 4.78 is 2.08. The molecule has 0 fully saturated rings. The van der Waals surface area contributed by atoms with Crippen LogP contribution in [0.4, 0.5) is 10.8 Å². The van der Waals surface area contributed by atoms with Gasteiger partial charge in [0.05, 0.1) is 11.4 Å². The van der Waals surface area contributed by atoms with Crippen molar-refractivity contribution in [1.29, 1.82) is 0 Å². The summed E-state index contributed by atoms with van der Waals surface area (Å²) in [6, 6.07) is 15.6. The van der Waals surface area contributed by atoms with Crippen LogP contribution in [-0.4, -0.2) is 25.7 Å². The van der Waals surface area contributed by atoms with Crippen LogP contribution in [0.1, 0.15) is 32.0 Å². The number of rotatable bonds is 8. The summed E-state index contributed by atoms with van der Waals surface area (Å²) in [6.07, 6.45) is 0.959. The minimum Gasteiger partial charge on any atom is -0.302 e. The highest BCUT2D eigenvalue weighted by molar-refractivity contribution is 7.98. The Morgan fingerprint density at radius 3 is 2.45 bits per heavy atom. The molecular weight excluding hydrogens is 474 g/mol. The summed E-state index contributed by atoms with van der Waals surface area (Å²) in [6.45, 7) is 6.50. The van der Waals surface area contributed by atoms with Gasteiger partial charge in [-0.3, -0.25) is 9.69 Å². The van der Waals surface area contributed by atoms with Crippen LogP contribution in [0.2, 0.25) is 5.02 Å². The van der Waals surface area contributed by atoms with E-state index >= 15 is 0 Å². The molecule has 0 aliphatic heterocycles. The first-order chi connectivity index (χ1) is 16.0. The number of benzene rings is 2. The second kappa shape index (κ2) is 10.5. The largest absolute Gasteiger partial charge is 0.302 e. The molecule has 0 spiro atoms. The summed E-state index contributed by atoms with van der Waals surface area (Å²) in [4.78, 5) is 18.8. The van der Waals surface area contributed by atoms with E-state index in [0.717, 1.165) is 40.9 Å². The van der Waals surface area contributed by atoms with Crippen molar-refractivity contribution in [2.45, 2.75) is 44.6 Å². The predicted molar refractivity (Wildman–Crippen MR) is 136 cm³/mol. The Morgan fingerprint density at radius 1 is 1.09 bits per heavy atom. The highest BCUT2D eigenvalue weighted by Gasteiger charge is 2.19. The third-order valence-corrected chi connectivity index (χ3v) is 7.26. The van der Waals surface area contributed by atoms with Crippen molar-refractivity contribution in [3.05, 3.63) is 70.2 Å². The van der Waals surface area contributed by atoms with Gasteiger partial charge in [0.2, 0.25) is 5.91 Å². The maximum Gasteiger partial charge on any atom is 0.230 e. The zero-order valence-corrected chi connectivity index (χ0v) is 21.0. The fraction of sp³-hybridized carbons (Fsp3) is 0.250. The molecule has 2 heterocycles. The molecule has 0 bridgehead atoms. The van der Waals surface area contributed by atoms with Gasteiger partial charge in [0, 0.05) is 35.2 Å². The van der Waals surface area contributed by atoms with Gasteiger partial charge in [-0.05, 0) is 55.3 Å². The van der Waals surface area contributed by atoms with Crippen molar-refractivity contribution in [2.75, 3.05) is 4.90 Å². The number of thiazole rings is 1. The number of anilines is 2. The Kier molecular flexibility index (Phi) is 7.47. The van der Waals surface area contributed by atoms with Crippen molar-refractivity contribution in [2.24, 2.45) is 0 Å². The average Bonchev–Trinajstić information content (AvgIpc) is 3.45. The van der Waals surface area contributed by atoms with Crippen molar-refractivity contribution in [3.63, 3.8) is 0 Å². The number of hydrogen-bond donors (Lipinski definition) is 0. The highest BCUT2D eigenvalue weighted by atomic mass is 35.5. The Labute approximate surface area is 206 Å². The summed E-state index contributed by atoms with van der Waals surface area (Å²) >= 11 is 9.06. The predicted octanol–water partition coefficient (Wildman–Crippen LogP) is 6.61. The SMILES string of the molecule is CCc1ccc(N(C(C)=O)c2nc(CSc3nnc(-c4ccc(Cl)cc4)n3CC)cs2)cc1. The van der Waals surface area contributed by atoms with E-state index in [2.05, 4.69) is 28.6 Å². The Hall–Kier alpha value is -2.68. The molecule has 0 saturated carbocycles. The number of hydrogen-bond acceptors (Lipinski definition) is 6. The van der Waals surface area contributed by atoms with Crippen LogP contribution in [0, 0.1) is 0 Å². The van der Waals surface area contributed by atoms with Crippen LogP contribution in [0.15, 0.2) is 59.1 Å². The van der Waals surface area contributed by atoms with E-state index in [1.54, 1.807) is 23.6 Å². The lowest BCUT2D eigenvalue weighted by Gasteiger charge is -2.18. The molecule has 0 saturated heterocycles. The molecule has 170 valence electrons. The summed E-state index contributed by atoms with van der Waals surface area (Å²) in [5.74, 6) is 1.38. The number of aromatic nitrogens is 4. The zero-order chi connectivity index (χ0) is 23.4. The fourth-order valence-electron chi connectivity index (χ4n) is 3.40. The minimum atomic E-state index is -0.0638. The molecule has 2 aromatic heterocycles. The smallest absolute Gasteiger partial charge is 0.230 e. The molecule has 0 unspecified atom stereocenters. The van der Waals surface area contributed by atoms with Gasteiger partial charge in [-0.25, -0.2) is 4.98 Å². The quantitative estimate of drug-likeness (QED) is 0.256. The van der Waals surface area contributed by atoms with Crippen molar-refractivity contribution >= 4 is 51.4 Å². The molecule has 2 aromatic carbocycles. The van der Waals surface area contributed by atoms with Gasteiger partial charge in [-0.1, -0.05) is 42.4 Å². The first kappa shape index (κ1) is 23.5. The lowest BCUT2D eigenvalue weighted by atomic mass is 10.1. The molecule has 9 heteroatoms. The first-order valence-electron chi connectivity index (χ1n) is 10.7. The van der Waals surface area contributed by atoms with Crippen molar-refractivity contribution < 1.29 is 4.79 Å². The third-order valence-electron chi connectivity index (χ3n) is 5.13. The van der Waals surface area contributed by atoms with E-state index < -0.39 is 0 Å². The highest BCUT2D eigenvalue weighted by Crippen LogP contribution is 2.32. The molecule has 0 aliphatic carbocycles. The molecule has 4 rings (SSSR count). The number of thioether (sulfide) groups is 1. The van der Waals surface area contributed by atoms with Crippen LogP contribution in [0.25, 0.3) is 11.4 Å². The number of carbonyl (C=O) groups is 1. The number of halogens is 1. The van der Waals surface area contributed by atoms with E-state index in [4.69, 9.17) is 16.6 Å². The molecule has 0 radical (unpaired) electrons. The van der Waals surface area contributed by atoms with Gasteiger partial charge in [0.25, 0.3) is 0 Å². The average molecular weight is 498 g/mol. The molecular formula is C24H24ClN5OS2. The lowest BCUT2D eigenvalue weighted by molar-refractivity contribution is -0.115. The van der Waals surface area contributed by atoms with E-state index in [1.165, 1.54) is 16.9 Å². The van der Waals surface area contributed by atoms with Crippen LogP contribution in [-0.2, 0) is 23.5 Å². The van der Waals surface area contributed by atoms with E-state index in [0.29, 0.717) is 15.9 Å². The van der Waals surface area contributed by atoms with Crippen molar-refractivity contribution in [3.8, 4) is 11.4 Å². The molecule has 0 atom stereocenters. The molecule has 6 nitrogen and oxygen atoms in total. The maximum atomic E-state index is 12.4. The van der Waals surface area contributed by atoms with Gasteiger partial charge in [0.15, 0.2) is 16.1 Å². The lowest BCUT2D eigenvalue weighted by Crippen LogP contribution is -2.22. The molecule has 0 aliphatic rings. The van der Waals surface area contributed by atoms with E-state index in [-0.39, 0.29) is 5.91 Å². The molecule has 33 heavy (non-hydrogen) atoms. The fourth-order valence-corrected chi connectivity index (χ4v) is 5.42. The van der Waals surface area contributed by atoms with Crippen LogP contribution >= 0.6 is 34.7 Å². The van der Waals surface area contributed by atoms with Crippen LogP contribution in [0.3, 0.4) is 0 Å². The molecule has 1 amide bonds. The Morgan fingerprint density at radius 2 is 1.82 bits per heavy atom. The minimum absolute atomic E-state index is 0.0638. The second-order valence-electron chi connectivity index (χ2n) is 7.34. The van der Waals surface area contributed by atoms with Crippen LogP contribution < -0.4 is 4.90 Å². The Balaban J connectivity index is 1.50. The van der Waals surface area contributed by atoms with Gasteiger partial charge in [-0.2, -0.15) is 0 Å². The number of aryl methyl sites for hydroxylation is 1. The third kappa shape index (κ3) is 5.29. The number of amides is 1. The molecule has 4 aromatic rings. The normalized spacial score (nSPS) is 11.0. The van der Waals surface area contributed by atoms with Gasteiger partial charge >= 0.3 is 0 Å². The van der Waals surface area contributed by atoms with E-state index in [9.17, 15) is 4.79 Å². The zero-order valence-electron chi connectivity index (χ0n) is 18.7. The van der Waals surface area contributed by atoms with Gasteiger partial charge in [-0.15, -0.1) is 21.5 Å². The maximum absolute atomic E-state index is 12.4. The standard InChI is InChI=1S/C24H24ClN5OS2/c1-4-17-6-12-21(13-7-17)30(16(3)31)23-26-20(14-32-23)15-33-24-28-27-22(29(24)5-2)18-8-10-19(25)11-9-18/h6-14H,4-5,15H2,1-3H3. The monoisotopic (exact) mass is 497 g/mol. The summed E-state index contributed by atoms with van der Waals surface area (Å²) in [5, 5.41) is 13.0. The van der Waals surface area contributed by atoms with E-state index in [1.807, 2.05) is 53.9 Å². The molecule has 0 N–H and O–H groups in total. The number of nitrogens with zero attached hydrogens (tertiary/aromatic N) is 5. The van der Waals surface area contributed by atoms with Gasteiger partial charge < -0.3 is 4.57 Å². The second-order valence-corrected chi connectivity index (χ2v) is 9.56. The first-order valence-corrected chi connectivity index (χ1v) is 12.9. The van der Waals surface area contributed by atoms with Gasteiger partial charge in [0.1, 0.15) is 0 Å². The Bertz CT molecular complexity index is 1230. The summed E-state index contributed by atoms with van der Waals surface area (Å²) in [5.41, 5.74) is 3.93. The topological polar surface area (TPSA) is 63.9 Å². The van der Waals surface area contributed by atoms with Crippen LogP contribution in [0.5, 0.6) is 0 Å².